The number of benzene rings is 3. The Bertz CT molecular complexity index is 984. The van der Waals surface area contributed by atoms with E-state index in [1.807, 2.05) is 49.4 Å². The van der Waals surface area contributed by atoms with Crippen LogP contribution in [0.1, 0.15) is 32.3 Å². The van der Waals surface area contributed by atoms with Crippen molar-refractivity contribution in [2.24, 2.45) is 0 Å². The van der Waals surface area contributed by atoms with Crippen LogP contribution in [0.25, 0.3) is 0 Å². The summed E-state index contributed by atoms with van der Waals surface area (Å²) >= 11 is 0. The average molecular weight is 453 g/mol. The third-order valence-electron chi connectivity index (χ3n) is 4.86. The average Bonchev–Trinajstić information content (AvgIpc) is 2.80. The topological polar surface area (TPSA) is 73.9 Å². The monoisotopic (exact) mass is 453 g/mol. The van der Waals surface area contributed by atoms with Gasteiger partial charge in [0.25, 0.3) is 0 Å². The Morgan fingerprint density at radius 1 is 0.844 bits per heavy atom. The highest BCUT2D eigenvalue weighted by Gasteiger charge is 2.51. The molecule has 1 N–H and O–H groups in total. The first-order valence-electron chi connectivity index (χ1n) is 10.5. The smallest absolute Gasteiger partial charge is 0.445 e. The van der Waals surface area contributed by atoms with E-state index in [1.54, 1.807) is 55.5 Å². The molecule has 0 bridgehead atoms. The maximum atomic E-state index is 14.3. The SMILES string of the molecule is CCCC(C)(NC(=O)OCc1ccccc1)P(=O)(Oc1ccccc1)Oc1ccccc1. The van der Waals surface area contributed by atoms with Crippen molar-refractivity contribution < 1.29 is 23.1 Å². The van der Waals surface area contributed by atoms with Gasteiger partial charge in [-0.25, -0.2) is 9.36 Å². The summed E-state index contributed by atoms with van der Waals surface area (Å²) in [5.74, 6) is 0.766. The van der Waals surface area contributed by atoms with Gasteiger partial charge in [0.2, 0.25) is 0 Å². The van der Waals surface area contributed by atoms with E-state index in [0.29, 0.717) is 24.3 Å². The van der Waals surface area contributed by atoms with Gasteiger partial charge >= 0.3 is 13.7 Å². The zero-order valence-corrected chi connectivity index (χ0v) is 19.2. The van der Waals surface area contributed by atoms with Crippen LogP contribution < -0.4 is 14.4 Å². The highest BCUT2D eigenvalue weighted by molar-refractivity contribution is 7.56. The fourth-order valence-electron chi connectivity index (χ4n) is 3.19. The van der Waals surface area contributed by atoms with Crippen LogP contribution in [0.15, 0.2) is 91.0 Å². The molecule has 1 atom stereocenters. The van der Waals surface area contributed by atoms with Gasteiger partial charge in [-0.1, -0.05) is 80.1 Å². The number of hydrogen-bond acceptors (Lipinski definition) is 5. The summed E-state index contributed by atoms with van der Waals surface area (Å²) in [6.45, 7) is 3.69. The lowest BCUT2D eigenvalue weighted by atomic mass is 10.2. The first-order chi connectivity index (χ1) is 15.4. The van der Waals surface area contributed by atoms with Crippen molar-refractivity contribution in [3.63, 3.8) is 0 Å². The van der Waals surface area contributed by atoms with E-state index in [-0.39, 0.29) is 6.61 Å². The summed E-state index contributed by atoms with van der Waals surface area (Å²) < 4.78 is 31.5. The number of nitrogens with one attached hydrogen (secondary N) is 1. The molecule has 3 aromatic carbocycles. The van der Waals surface area contributed by atoms with Crippen molar-refractivity contribution in [1.29, 1.82) is 0 Å². The number of amides is 1. The number of hydrogen-bond donors (Lipinski definition) is 1. The van der Waals surface area contributed by atoms with Crippen molar-refractivity contribution in [3.8, 4) is 11.5 Å². The van der Waals surface area contributed by atoms with Gasteiger partial charge < -0.3 is 19.1 Å². The lowest BCUT2D eigenvalue weighted by Gasteiger charge is -2.36. The van der Waals surface area contributed by atoms with E-state index in [2.05, 4.69) is 5.32 Å². The Morgan fingerprint density at radius 2 is 1.31 bits per heavy atom. The van der Waals surface area contributed by atoms with Crippen molar-refractivity contribution in [3.05, 3.63) is 96.6 Å². The lowest BCUT2D eigenvalue weighted by molar-refractivity contribution is 0.131. The molecule has 0 aromatic heterocycles. The van der Waals surface area contributed by atoms with Gasteiger partial charge in [-0.05, 0) is 43.2 Å². The zero-order chi connectivity index (χ0) is 22.9. The number of rotatable bonds is 10. The van der Waals surface area contributed by atoms with Crippen LogP contribution in [0.3, 0.4) is 0 Å². The minimum atomic E-state index is -3.96. The van der Waals surface area contributed by atoms with E-state index in [9.17, 15) is 9.36 Å². The van der Waals surface area contributed by atoms with Crippen LogP contribution in [-0.2, 0) is 15.9 Å². The third kappa shape index (κ3) is 6.14. The molecule has 168 valence electrons. The Kier molecular flexibility index (Phi) is 7.96. The molecule has 0 spiro atoms. The van der Waals surface area contributed by atoms with E-state index in [0.717, 1.165) is 5.56 Å². The summed E-state index contributed by atoms with van der Waals surface area (Å²) in [6, 6.07) is 26.9. The molecule has 0 radical (unpaired) electrons. The Hall–Kier alpha value is -3.24. The van der Waals surface area contributed by atoms with Crippen molar-refractivity contribution in [1.82, 2.24) is 5.32 Å². The molecular formula is C25H28NO5P. The quantitative estimate of drug-likeness (QED) is 0.343. The molecule has 6 nitrogen and oxygen atoms in total. The number of alkyl carbamates (subject to hydrolysis) is 1. The van der Waals surface area contributed by atoms with E-state index in [4.69, 9.17) is 13.8 Å². The van der Waals surface area contributed by atoms with Crippen LogP contribution in [0.4, 0.5) is 4.79 Å². The molecule has 1 amide bonds. The van der Waals surface area contributed by atoms with Gasteiger partial charge in [0, 0.05) is 0 Å². The summed E-state index contributed by atoms with van der Waals surface area (Å²) in [6.07, 6.45) is 0.290. The van der Waals surface area contributed by atoms with Crippen molar-refractivity contribution >= 4 is 13.7 Å². The Labute approximate surface area is 189 Å². The summed E-state index contributed by atoms with van der Waals surface area (Å²) in [4.78, 5) is 12.7. The summed E-state index contributed by atoms with van der Waals surface area (Å²) in [7, 11) is -3.96. The first-order valence-corrected chi connectivity index (χ1v) is 12.1. The van der Waals surface area contributed by atoms with Crippen molar-refractivity contribution in [2.75, 3.05) is 0 Å². The van der Waals surface area contributed by atoms with Gasteiger partial charge in [0.1, 0.15) is 18.1 Å². The fraction of sp³-hybridized carbons (Fsp3) is 0.240. The maximum absolute atomic E-state index is 14.3. The van der Waals surface area contributed by atoms with Crippen LogP contribution in [0.5, 0.6) is 11.5 Å². The molecule has 0 aliphatic carbocycles. The molecule has 0 saturated heterocycles. The third-order valence-corrected chi connectivity index (χ3v) is 7.31. The van der Waals surface area contributed by atoms with E-state index in [1.165, 1.54) is 0 Å². The largest absolute Gasteiger partial charge is 0.455 e. The molecule has 1 unspecified atom stereocenters. The molecular weight excluding hydrogens is 425 g/mol. The van der Waals surface area contributed by atoms with Gasteiger partial charge in [-0.2, -0.15) is 0 Å². The predicted molar refractivity (Wildman–Crippen MR) is 125 cm³/mol. The predicted octanol–water partition coefficient (Wildman–Crippen LogP) is 6.78. The normalized spacial score (nSPS) is 12.9. The van der Waals surface area contributed by atoms with Crippen molar-refractivity contribution in [2.45, 2.75) is 38.6 Å². The first kappa shape index (κ1) is 23.4. The van der Waals surface area contributed by atoms with Crippen LogP contribution in [0.2, 0.25) is 0 Å². The second-order valence-electron chi connectivity index (χ2n) is 7.52. The highest BCUT2D eigenvalue weighted by atomic mass is 31.2. The molecule has 0 saturated carbocycles. The minimum Gasteiger partial charge on any atom is -0.445 e. The second kappa shape index (κ2) is 10.9. The van der Waals surface area contributed by atoms with Gasteiger partial charge in [0.05, 0.1) is 0 Å². The summed E-state index contributed by atoms with van der Waals surface area (Å²) in [5.41, 5.74) is 0.851. The minimum absolute atomic E-state index is 0.0955. The molecule has 0 aliphatic heterocycles. The molecule has 3 rings (SSSR count). The Balaban J connectivity index is 1.86. The van der Waals surface area contributed by atoms with Gasteiger partial charge in [-0.15, -0.1) is 0 Å². The number of ether oxygens (including phenoxy) is 1. The van der Waals surface area contributed by atoms with E-state index < -0.39 is 19.0 Å². The standard InChI is InChI=1S/C25H28NO5P/c1-3-19-25(2,26-24(27)29-20-21-13-7-4-8-14-21)32(28,30-22-15-9-5-10-16-22)31-23-17-11-6-12-18-23/h4-18H,3,19-20H2,1-2H3,(H,26,27). The molecule has 3 aromatic rings. The van der Waals surface area contributed by atoms with Crippen LogP contribution in [-0.4, -0.2) is 11.4 Å². The highest BCUT2D eigenvalue weighted by Crippen LogP contribution is 2.59. The second-order valence-corrected chi connectivity index (χ2v) is 9.86. The van der Waals surface area contributed by atoms with Crippen LogP contribution in [0, 0.1) is 0 Å². The zero-order valence-electron chi connectivity index (χ0n) is 18.3. The number of carbonyl (C=O) groups is 1. The Morgan fingerprint density at radius 3 is 1.78 bits per heavy atom. The van der Waals surface area contributed by atoms with Crippen LogP contribution >= 0.6 is 7.60 Å². The molecule has 32 heavy (non-hydrogen) atoms. The fourth-order valence-corrected chi connectivity index (χ4v) is 5.16. The number of para-hydroxylation sites is 2. The van der Waals surface area contributed by atoms with Gasteiger partial charge in [-0.3, -0.25) is 0 Å². The summed E-state index contributed by atoms with van der Waals surface area (Å²) in [5, 5.41) is 1.44. The number of carbonyl (C=O) groups excluding carboxylic acids is 1. The lowest BCUT2D eigenvalue weighted by Crippen LogP contribution is -2.48. The maximum Gasteiger partial charge on any atom is 0.455 e. The molecule has 7 heteroatoms. The van der Waals surface area contributed by atoms with Gasteiger partial charge in [0.15, 0.2) is 5.28 Å². The molecule has 0 fully saturated rings. The molecule has 0 aliphatic rings. The molecule has 0 heterocycles. The van der Waals surface area contributed by atoms with E-state index >= 15 is 0 Å².